The molecular formula is C28H32F4N2O2S. The molecule has 0 radical (unpaired) electrons. The Morgan fingerprint density at radius 1 is 1.16 bits per heavy atom. The van der Waals surface area contributed by atoms with Crippen LogP contribution < -0.4 is 4.74 Å². The highest BCUT2D eigenvalue weighted by molar-refractivity contribution is 7.99. The van der Waals surface area contributed by atoms with Crippen molar-refractivity contribution in [2.45, 2.75) is 36.5 Å². The van der Waals surface area contributed by atoms with E-state index >= 15 is 4.39 Å². The lowest BCUT2D eigenvalue weighted by molar-refractivity contribution is -0.137. The van der Waals surface area contributed by atoms with Gasteiger partial charge in [0, 0.05) is 41.9 Å². The summed E-state index contributed by atoms with van der Waals surface area (Å²) < 4.78 is 59.5. The maximum Gasteiger partial charge on any atom is 0.416 e. The highest BCUT2D eigenvalue weighted by atomic mass is 32.2. The van der Waals surface area contributed by atoms with Gasteiger partial charge >= 0.3 is 6.18 Å². The van der Waals surface area contributed by atoms with Gasteiger partial charge in [0.1, 0.15) is 11.9 Å². The quantitative estimate of drug-likeness (QED) is 0.229. The molecule has 200 valence electrons. The summed E-state index contributed by atoms with van der Waals surface area (Å²) >= 11 is 1.40. The van der Waals surface area contributed by atoms with Gasteiger partial charge in [-0.3, -0.25) is 4.98 Å². The molecule has 2 heterocycles. The zero-order valence-electron chi connectivity index (χ0n) is 20.8. The Hall–Kier alpha value is -2.36. The summed E-state index contributed by atoms with van der Waals surface area (Å²) in [6, 6.07) is 12.6. The first kappa shape index (κ1) is 27.7. The Morgan fingerprint density at radius 2 is 2.00 bits per heavy atom. The van der Waals surface area contributed by atoms with E-state index < -0.39 is 17.9 Å². The summed E-state index contributed by atoms with van der Waals surface area (Å²) in [4.78, 5) is 7.17. The van der Waals surface area contributed by atoms with Gasteiger partial charge in [-0.15, -0.1) is 11.8 Å². The van der Waals surface area contributed by atoms with E-state index in [0.717, 1.165) is 36.5 Å². The number of aliphatic hydroxyl groups is 1. The molecule has 0 bridgehead atoms. The molecule has 1 aliphatic heterocycles. The van der Waals surface area contributed by atoms with Crippen LogP contribution in [-0.2, 0) is 6.18 Å². The van der Waals surface area contributed by atoms with Crippen molar-refractivity contribution in [2.75, 3.05) is 39.1 Å². The molecule has 3 atom stereocenters. The van der Waals surface area contributed by atoms with Crippen LogP contribution in [0.25, 0.3) is 10.9 Å². The lowest BCUT2D eigenvalue weighted by Crippen LogP contribution is -2.43. The second-order valence-electron chi connectivity index (χ2n) is 9.49. The molecular weight excluding hydrogens is 504 g/mol. The fourth-order valence-electron chi connectivity index (χ4n) is 5.06. The molecule has 1 aromatic heterocycles. The second kappa shape index (κ2) is 12.5. The molecule has 1 saturated heterocycles. The number of pyridine rings is 1. The smallest absolute Gasteiger partial charge is 0.416 e. The maximum atomic E-state index is 15.4. The minimum atomic E-state index is -4.34. The van der Waals surface area contributed by atoms with Crippen LogP contribution in [0.15, 0.2) is 59.6 Å². The molecule has 2 aromatic carbocycles. The summed E-state index contributed by atoms with van der Waals surface area (Å²) in [7, 11) is 1.58. The van der Waals surface area contributed by atoms with E-state index in [1.54, 1.807) is 25.4 Å². The Kier molecular flexibility index (Phi) is 9.31. The van der Waals surface area contributed by atoms with E-state index in [2.05, 4.69) is 9.88 Å². The predicted molar refractivity (Wildman–Crippen MR) is 139 cm³/mol. The number of rotatable bonds is 10. The largest absolute Gasteiger partial charge is 0.497 e. The van der Waals surface area contributed by atoms with Crippen molar-refractivity contribution in [2.24, 2.45) is 11.8 Å². The molecule has 37 heavy (non-hydrogen) atoms. The first-order valence-corrected chi connectivity index (χ1v) is 13.5. The summed E-state index contributed by atoms with van der Waals surface area (Å²) in [5.74, 6) is 1.59. The monoisotopic (exact) mass is 536 g/mol. The molecule has 1 aliphatic rings. The topological polar surface area (TPSA) is 45.6 Å². The number of ether oxygens (including phenoxy) is 1. The number of alkyl halides is 4. The summed E-state index contributed by atoms with van der Waals surface area (Å²) in [6.45, 7) is 2.29. The molecule has 0 unspecified atom stereocenters. The zero-order chi connectivity index (χ0) is 26.4. The average molecular weight is 537 g/mol. The van der Waals surface area contributed by atoms with E-state index in [1.807, 2.05) is 18.2 Å². The van der Waals surface area contributed by atoms with Crippen molar-refractivity contribution in [3.63, 3.8) is 0 Å². The normalized spacial score (nSPS) is 19.7. The van der Waals surface area contributed by atoms with Crippen LogP contribution in [-0.4, -0.2) is 54.1 Å². The van der Waals surface area contributed by atoms with Crippen LogP contribution in [0, 0.1) is 11.8 Å². The molecule has 4 rings (SSSR count). The number of hydrogen-bond donors (Lipinski definition) is 1. The highest BCUT2D eigenvalue weighted by Crippen LogP contribution is 2.36. The number of nitrogens with zero attached hydrogens (tertiary/aromatic N) is 2. The number of thioether (sulfide) groups is 1. The van der Waals surface area contributed by atoms with Crippen LogP contribution in [0.3, 0.4) is 0 Å². The highest BCUT2D eigenvalue weighted by Gasteiger charge is 2.31. The minimum Gasteiger partial charge on any atom is -0.497 e. The van der Waals surface area contributed by atoms with Gasteiger partial charge in [0.2, 0.25) is 0 Å². The predicted octanol–water partition coefficient (Wildman–Crippen LogP) is 6.78. The van der Waals surface area contributed by atoms with Gasteiger partial charge in [-0.2, -0.15) is 13.2 Å². The minimum absolute atomic E-state index is 0.0360. The van der Waals surface area contributed by atoms with E-state index in [-0.39, 0.29) is 18.4 Å². The molecule has 4 nitrogen and oxygen atoms in total. The molecule has 0 aliphatic carbocycles. The number of hydrogen-bond acceptors (Lipinski definition) is 5. The van der Waals surface area contributed by atoms with Gasteiger partial charge in [0.25, 0.3) is 0 Å². The summed E-state index contributed by atoms with van der Waals surface area (Å²) in [5, 5.41) is 10.8. The van der Waals surface area contributed by atoms with Gasteiger partial charge in [-0.05, 0) is 85.7 Å². The molecule has 0 saturated carbocycles. The number of aromatic nitrogens is 1. The average Bonchev–Trinajstić information content (AvgIpc) is 2.91. The van der Waals surface area contributed by atoms with Crippen LogP contribution in [0.4, 0.5) is 17.6 Å². The Balaban J connectivity index is 1.28. The SMILES string of the molecule is COc1ccc2nccc([C@@H](F)CC[C@@H]3CCN(CCSc4cccc(C(F)(F)F)c4)C[C@@H]3CO)c2c1. The van der Waals surface area contributed by atoms with Gasteiger partial charge in [0.05, 0.1) is 18.2 Å². The fraction of sp³-hybridized carbons (Fsp3) is 0.464. The Labute approximate surface area is 219 Å². The zero-order valence-corrected chi connectivity index (χ0v) is 21.6. The van der Waals surface area contributed by atoms with Gasteiger partial charge in [-0.25, -0.2) is 4.39 Å². The van der Waals surface area contributed by atoms with E-state index in [0.29, 0.717) is 41.3 Å². The molecule has 1 fully saturated rings. The van der Waals surface area contributed by atoms with Crippen LogP contribution in [0.2, 0.25) is 0 Å². The lowest BCUT2D eigenvalue weighted by Gasteiger charge is -2.38. The van der Waals surface area contributed by atoms with Crippen molar-refractivity contribution in [1.82, 2.24) is 9.88 Å². The third kappa shape index (κ3) is 7.15. The first-order chi connectivity index (χ1) is 17.8. The Bertz CT molecular complexity index is 1180. The number of halogens is 4. The number of likely N-dealkylation sites (tertiary alicyclic amines) is 1. The maximum absolute atomic E-state index is 15.4. The van der Waals surface area contributed by atoms with E-state index in [4.69, 9.17) is 4.74 Å². The molecule has 0 amide bonds. The third-order valence-corrected chi connectivity index (χ3v) is 8.13. The van der Waals surface area contributed by atoms with Crippen molar-refractivity contribution < 1.29 is 27.4 Å². The lowest BCUT2D eigenvalue weighted by atomic mass is 9.81. The van der Waals surface area contributed by atoms with Crippen LogP contribution in [0.1, 0.15) is 36.6 Å². The van der Waals surface area contributed by atoms with Crippen molar-refractivity contribution in [1.29, 1.82) is 0 Å². The van der Waals surface area contributed by atoms with Crippen LogP contribution in [0.5, 0.6) is 5.75 Å². The number of benzene rings is 2. The number of fused-ring (bicyclic) bond motifs is 1. The van der Waals surface area contributed by atoms with E-state index in [9.17, 15) is 18.3 Å². The van der Waals surface area contributed by atoms with Crippen LogP contribution >= 0.6 is 11.8 Å². The molecule has 0 spiro atoms. The van der Waals surface area contributed by atoms with Gasteiger partial charge < -0.3 is 14.7 Å². The third-order valence-electron chi connectivity index (χ3n) is 7.16. The van der Waals surface area contributed by atoms with Crippen molar-refractivity contribution >= 4 is 22.7 Å². The second-order valence-corrected chi connectivity index (χ2v) is 10.7. The van der Waals surface area contributed by atoms with E-state index in [1.165, 1.54) is 23.9 Å². The number of aliphatic hydroxyl groups excluding tert-OH is 1. The fourth-order valence-corrected chi connectivity index (χ4v) is 6.03. The number of methoxy groups -OCH3 is 1. The van der Waals surface area contributed by atoms with Crippen molar-refractivity contribution in [3.8, 4) is 5.75 Å². The number of piperidine rings is 1. The molecule has 9 heteroatoms. The molecule has 1 N–H and O–H groups in total. The summed E-state index contributed by atoms with van der Waals surface area (Å²) in [5.41, 5.74) is 0.697. The van der Waals surface area contributed by atoms with Gasteiger partial charge in [-0.1, -0.05) is 6.07 Å². The standard InChI is InChI=1S/C28H32F4N2O2S/c1-36-22-6-8-27-25(16-22)24(9-11-33-27)26(29)7-5-19-10-12-34(17-20(19)18-35)13-14-37-23-4-2-3-21(15-23)28(30,31)32/h2-4,6,8-9,11,15-16,19-20,26,35H,5,7,10,12-14,17-18H2,1H3/t19-,20-,26+/m1/s1. The summed E-state index contributed by atoms with van der Waals surface area (Å²) in [6.07, 6.45) is -1.96. The Morgan fingerprint density at radius 3 is 2.76 bits per heavy atom. The molecule has 3 aromatic rings. The van der Waals surface area contributed by atoms with Gasteiger partial charge in [0.15, 0.2) is 0 Å². The van der Waals surface area contributed by atoms with Crippen molar-refractivity contribution in [3.05, 3.63) is 65.9 Å². The first-order valence-electron chi connectivity index (χ1n) is 12.5.